The molecule has 3 heterocycles. The molecule has 1 fully saturated rings. The molecule has 1 aliphatic rings. The van der Waals surface area contributed by atoms with Crippen LogP contribution >= 0.6 is 0 Å². The fourth-order valence-corrected chi connectivity index (χ4v) is 2.92. The Morgan fingerprint density at radius 1 is 1.50 bits per heavy atom. The number of hydrogen-bond acceptors (Lipinski definition) is 5. The summed E-state index contributed by atoms with van der Waals surface area (Å²) in [5.41, 5.74) is 7.12. The first kappa shape index (κ1) is 14.4. The molecule has 22 heavy (non-hydrogen) atoms. The van der Waals surface area contributed by atoms with Gasteiger partial charge in [-0.05, 0) is 13.0 Å². The number of halogens is 1. The van der Waals surface area contributed by atoms with Crippen LogP contribution in [0.2, 0.25) is 0 Å². The molecule has 2 atom stereocenters. The van der Waals surface area contributed by atoms with Crippen molar-refractivity contribution in [3.05, 3.63) is 24.7 Å². The van der Waals surface area contributed by atoms with Crippen molar-refractivity contribution in [1.29, 1.82) is 0 Å². The molecule has 0 bridgehead atoms. The van der Waals surface area contributed by atoms with Gasteiger partial charge in [0.05, 0.1) is 23.7 Å². The van der Waals surface area contributed by atoms with Gasteiger partial charge in [0.1, 0.15) is 18.3 Å². The van der Waals surface area contributed by atoms with Gasteiger partial charge in [-0.3, -0.25) is 4.79 Å². The molecule has 1 aliphatic heterocycles. The van der Waals surface area contributed by atoms with E-state index in [4.69, 9.17) is 5.73 Å². The average molecular weight is 304 g/mol. The number of alkyl halides is 1. The van der Waals surface area contributed by atoms with Crippen LogP contribution in [0.15, 0.2) is 19.0 Å². The second kappa shape index (κ2) is 5.36. The summed E-state index contributed by atoms with van der Waals surface area (Å²) in [7, 11) is 0. The predicted molar refractivity (Wildman–Crippen MR) is 79.8 cm³/mol. The van der Waals surface area contributed by atoms with Crippen LogP contribution in [0.5, 0.6) is 0 Å². The van der Waals surface area contributed by atoms with Gasteiger partial charge in [0.15, 0.2) is 5.65 Å². The maximum atomic E-state index is 14.0. The third-order valence-electron chi connectivity index (χ3n) is 3.90. The first-order valence-electron chi connectivity index (χ1n) is 7.02. The third kappa shape index (κ3) is 2.30. The van der Waals surface area contributed by atoms with Crippen molar-refractivity contribution in [2.45, 2.75) is 25.6 Å². The summed E-state index contributed by atoms with van der Waals surface area (Å²) in [6, 6.07) is -0.293. The Kier molecular flexibility index (Phi) is 3.51. The molecular formula is C14H17FN6O. The van der Waals surface area contributed by atoms with Gasteiger partial charge in [-0.2, -0.15) is 5.10 Å². The number of nitrogen functional groups attached to an aromatic ring is 1. The van der Waals surface area contributed by atoms with E-state index < -0.39 is 6.17 Å². The quantitative estimate of drug-likeness (QED) is 0.836. The zero-order valence-corrected chi connectivity index (χ0v) is 12.2. The van der Waals surface area contributed by atoms with E-state index in [0.29, 0.717) is 29.1 Å². The van der Waals surface area contributed by atoms with Gasteiger partial charge in [-0.25, -0.2) is 19.0 Å². The van der Waals surface area contributed by atoms with Crippen LogP contribution in [0.25, 0.3) is 11.0 Å². The van der Waals surface area contributed by atoms with Crippen molar-refractivity contribution in [3.63, 3.8) is 0 Å². The van der Waals surface area contributed by atoms with E-state index in [1.165, 1.54) is 17.3 Å². The van der Waals surface area contributed by atoms with Crippen LogP contribution < -0.4 is 5.73 Å². The number of fused-ring (bicyclic) bond motifs is 1. The first-order chi connectivity index (χ1) is 10.5. The Morgan fingerprint density at radius 2 is 2.27 bits per heavy atom. The standard InChI is InChI=1S/C14H17FN6O/c1-3-11(22)20-5-9(15)4-10(6-20)21-14-12(8(2)19-21)13(16)17-7-18-14/h3,7,9-10H,1,4-6H2,2H3,(H2,16,17,18). The van der Waals surface area contributed by atoms with Gasteiger partial charge in [0.25, 0.3) is 0 Å². The molecule has 0 aromatic carbocycles. The predicted octanol–water partition coefficient (Wildman–Crippen LogP) is 1.01. The lowest BCUT2D eigenvalue weighted by molar-refractivity contribution is -0.129. The Hall–Kier alpha value is -2.51. The van der Waals surface area contributed by atoms with Crippen molar-refractivity contribution in [2.24, 2.45) is 0 Å². The van der Waals surface area contributed by atoms with E-state index in [-0.39, 0.29) is 24.9 Å². The summed E-state index contributed by atoms with van der Waals surface area (Å²) >= 11 is 0. The normalized spacial score (nSPS) is 22.0. The molecule has 2 aromatic rings. The first-order valence-corrected chi connectivity index (χ1v) is 7.02. The van der Waals surface area contributed by atoms with Crippen LogP contribution in [-0.2, 0) is 4.79 Å². The molecule has 0 spiro atoms. The summed E-state index contributed by atoms with van der Waals surface area (Å²) in [6.07, 6.45) is 1.72. The monoisotopic (exact) mass is 304 g/mol. The summed E-state index contributed by atoms with van der Waals surface area (Å²) in [6.45, 7) is 5.70. The van der Waals surface area contributed by atoms with Crippen molar-refractivity contribution in [3.8, 4) is 0 Å². The number of rotatable bonds is 2. The summed E-state index contributed by atoms with van der Waals surface area (Å²) in [5.74, 6) is 0.0649. The highest BCUT2D eigenvalue weighted by Gasteiger charge is 2.32. The van der Waals surface area contributed by atoms with Crippen LogP contribution in [0, 0.1) is 6.92 Å². The van der Waals surface area contributed by atoms with Crippen LogP contribution in [0.1, 0.15) is 18.2 Å². The highest BCUT2D eigenvalue weighted by molar-refractivity contribution is 5.88. The number of hydrogen-bond donors (Lipinski definition) is 1. The second-order valence-electron chi connectivity index (χ2n) is 5.42. The van der Waals surface area contributed by atoms with Gasteiger partial charge >= 0.3 is 0 Å². The number of nitrogens with zero attached hydrogens (tertiary/aromatic N) is 5. The van der Waals surface area contributed by atoms with Crippen LogP contribution in [0.3, 0.4) is 0 Å². The van der Waals surface area contributed by atoms with Crippen molar-refractivity contribution >= 4 is 22.8 Å². The average Bonchev–Trinajstić information content (AvgIpc) is 2.84. The molecule has 2 aromatic heterocycles. The third-order valence-corrected chi connectivity index (χ3v) is 3.90. The van der Waals surface area contributed by atoms with E-state index in [1.54, 1.807) is 11.6 Å². The Labute approximate surface area is 126 Å². The van der Waals surface area contributed by atoms with E-state index in [1.807, 2.05) is 0 Å². The highest BCUT2D eigenvalue weighted by Crippen LogP contribution is 2.29. The van der Waals surface area contributed by atoms with Crippen molar-refractivity contribution in [2.75, 3.05) is 18.8 Å². The smallest absolute Gasteiger partial charge is 0.246 e. The van der Waals surface area contributed by atoms with Crippen LogP contribution in [0.4, 0.5) is 10.2 Å². The molecule has 2 unspecified atom stereocenters. The molecule has 0 aliphatic carbocycles. The van der Waals surface area contributed by atoms with E-state index in [0.717, 1.165) is 0 Å². The minimum Gasteiger partial charge on any atom is -0.383 e. The van der Waals surface area contributed by atoms with Gasteiger partial charge in [0, 0.05) is 13.0 Å². The van der Waals surface area contributed by atoms with E-state index in [2.05, 4.69) is 21.6 Å². The summed E-state index contributed by atoms with van der Waals surface area (Å²) < 4.78 is 15.7. The summed E-state index contributed by atoms with van der Waals surface area (Å²) in [4.78, 5) is 21.4. The van der Waals surface area contributed by atoms with Crippen molar-refractivity contribution in [1.82, 2.24) is 24.6 Å². The fourth-order valence-electron chi connectivity index (χ4n) is 2.92. The number of carbonyl (C=O) groups is 1. The van der Waals surface area contributed by atoms with Gasteiger partial charge < -0.3 is 10.6 Å². The Morgan fingerprint density at radius 3 is 3.00 bits per heavy atom. The summed E-state index contributed by atoms with van der Waals surface area (Å²) in [5, 5.41) is 5.10. The lowest BCUT2D eigenvalue weighted by Gasteiger charge is -2.34. The molecule has 0 radical (unpaired) electrons. The number of aromatic nitrogens is 4. The Bertz CT molecular complexity index is 742. The molecule has 8 heteroatoms. The highest BCUT2D eigenvalue weighted by atomic mass is 19.1. The lowest BCUT2D eigenvalue weighted by atomic mass is 10.0. The molecule has 116 valence electrons. The topological polar surface area (TPSA) is 89.9 Å². The maximum absolute atomic E-state index is 14.0. The molecule has 1 amide bonds. The number of piperidine rings is 1. The fraction of sp³-hybridized carbons (Fsp3) is 0.429. The molecular weight excluding hydrogens is 287 g/mol. The Balaban J connectivity index is 2.01. The zero-order valence-electron chi connectivity index (χ0n) is 12.2. The number of carbonyl (C=O) groups excluding carboxylic acids is 1. The maximum Gasteiger partial charge on any atom is 0.246 e. The van der Waals surface area contributed by atoms with Gasteiger partial charge in [0.2, 0.25) is 5.91 Å². The van der Waals surface area contributed by atoms with E-state index >= 15 is 0 Å². The molecule has 7 nitrogen and oxygen atoms in total. The lowest BCUT2D eigenvalue weighted by Crippen LogP contribution is -2.45. The van der Waals surface area contributed by atoms with E-state index in [9.17, 15) is 9.18 Å². The number of nitrogens with two attached hydrogens (primary N) is 1. The molecule has 0 saturated carbocycles. The van der Waals surface area contributed by atoms with Gasteiger partial charge in [-0.1, -0.05) is 6.58 Å². The minimum atomic E-state index is -1.11. The number of aryl methyl sites for hydroxylation is 1. The van der Waals surface area contributed by atoms with Crippen LogP contribution in [-0.4, -0.2) is 49.8 Å². The largest absolute Gasteiger partial charge is 0.383 e. The number of amides is 1. The number of likely N-dealkylation sites (tertiary alicyclic amines) is 1. The zero-order chi connectivity index (χ0) is 15.9. The minimum absolute atomic E-state index is 0.0800. The molecule has 2 N–H and O–H groups in total. The number of anilines is 1. The van der Waals surface area contributed by atoms with Crippen molar-refractivity contribution < 1.29 is 9.18 Å². The SMILES string of the molecule is C=CC(=O)N1CC(F)CC(n2nc(C)c3c(N)ncnc32)C1. The van der Waals surface area contributed by atoms with Gasteiger partial charge in [-0.15, -0.1) is 0 Å². The second-order valence-corrected chi connectivity index (χ2v) is 5.42. The molecule has 1 saturated heterocycles. The molecule has 3 rings (SSSR count).